The highest BCUT2D eigenvalue weighted by molar-refractivity contribution is 9.10. The molecule has 0 spiro atoms. The molecule has 26 heavy (non-hydrogen) atoms. The molecule has 0 amide bonds. The fraction of sp³-hybridized carbons (Fsp3) is 0.143. The van der Waals surface area contributed by atoms with Crippen molar-refractivity contribution in [1.29, 1.82) is 0 Å². The van der Waals surface area contributed by atoms with Gasteiger partial charge in [-0.15, -0.1) is 0 Å². The van der Waals surface area contributed by atoms with Crippen molar-refractivity contribution in [3.05, 3.63) is 97.9 Å². The molecule has 0 aliphatic rings. The van der Waals surface area contributed by atoms with Crippen LogP contribution in [0.2, 0.25) is 10.0 Å². The number of hydrogen-bond donors (Lipinski definition) is 1. The molecule has 2 nitrogen and oxygen atoms in total. The second-order valence-electron chi connectivity index (χ2n) is 5.83. The van der Waals surface area contributed by atoms with Gasteiger partial charge in [0.1, 0.15) is 12.4 Å². The molecule has 0 radical (unpaired) electrons. The SMILES string of the molecule is Clc1cccc(Cl)c1COc1ccc(Br)cc1CNCc1ccccc1. The van der Waals surface area contributed by atoms with E-state index in [1.54, 1.807) is 0 Å². The molecule has 5 heteroatoms. The Morgan fingerprint density at radius 3 is 2.31 bits per heavy atom. The quantitative estimate of drug-likeness (QED) is 0.436. The van der Waals surface area contributed by atoms with Crippen LogP contribution in [0.25, 0.3) is 0 Å². The predicted octanol–water partition coefficient (Wildman–Crippen LogP) is 6.62. The highest BCUT2D eigenvalue weighted by atomic mass is 79.9. The Morgan fingerprint density at radius 1 is 0.846 bits per heavy atom. The van der Waals surface area contributed by atoms with Crippen LogP contribution >= 0.6 is 39.1 Å². The lowest BCUT2D eigenvalue weighted by molar-refractivity contribution is 0.302. The van der Waals surface area contributed by atoms with Crippen molar-refractivity contribution in [3.63, 3.8) is 0 Å². The second-order valence-corrected chi connectivity index (χ2v) is 7.56. The van der Waals surface area contributed by atoms with Gasteiger partial charge in [0.25, 0.3) is 0 Å². The lowest BCUT2D eigenvalue weighted by atomic mass is 10.1. The lowest BCUT2D eigenvalue weighted by Crippen LogP contribution is -2.13. The Hall–Kier alpha value is -1.52. The first-order chi connectivity index (χ1) is 12.6. The van der Waals surface area contributed by atoms with Crippen LogP contribution in [0, 0.1) is 0 Å². The zero-order valence-electron chi connectivity index (χ0n) is 14.0. The van der Waals surface area contributed by atoms with Gasteiger partial charge >= 0.3 is 0 Å². The van der Waals surface area contributed by atoms with Gasteiger partial charge in [-0.2, -0.15) is 0 Å². The summed E-state index contributed by atoms with van der Waals surface area (Å²) in [5.74, 6) is 0.810. The zero-order valence-corrected chi connectivity index (χ0v) is 17.1. The van der Waals surface area contributed by atoms with Crippen molar-refractivity contribution in [2.24, 2.45) is 0 Å². The average molecular weight is 451 g/mol. The molecule has 0 aromatic heterocycles. The molecule has 1 N–H and O–H groups in total. The normalized spacial score (nSPS) is 10.7. The van der Waals surface area contributed by atoms with Gasteiger partial charge in [0.05, 0.1) is 0 Å². The average Bonchev–Trinajstić information content (AvgIpc) is 2.64. The minimum atomic E-state index is 0.325. The topological polar surface area (TPSA) is 21.3 Å². The first kappa shape index (κ1) is 19.2. The fourth-order valence-corrected chi connectivity index (χ4v) is 3.50. The molecule has 0 heterocycles. The van der Waals surface area contributed by atoms with Crippen LogP contribution in [0.1, 0.15) is 16.7 Å². The Labute approximate surface area is 172 Å². The van der Waals surface area contributed by atoms with Crippen molar-refractivity contribution in [2.45, 2.75) is 19.7 Å². The van der Waals surface area contributed by atoms with Crippen LogP contribution in [-0.4, -0.2) is 0 Å². The summed E-state index contributed by atoms with van der Waals surface area (Å²) in [5.41, 5.74) is 3.10. The van der Waals surface area contributed by atoms with E-state index in [1.165, 1.54) is 5.56 Å². The molecule has 0 bridgehead atoms. The van der Waals surface area contributed by atoms with Gasteiger partial charge in [0.2, 0.25) is 0 Å². The Bertz CT molecular complexity index is 851. The van der Waals surface area contributed by atoms with E-state index in [1.807, 2.05) is 48.5 Å². The number of hydrogen-bond acceptors (Lipinski definition) is 2. The Balaban J connectivity index is 1.67. The number of rotatable bonds is 7. The summed E-state index contributed by atoms with van der Waals surface area (Å²) in [4.78, 5) is 0. The highest BCUT2D eigenvalue weighted by Gasteiger charge is 2.09. The Kier molecular flexibility index (Phi) is 6.98. The summed E-state index contributed by atoms with van der Waals surface area (Å²) in [6.07, 6.45) is 0. The van der Waals surface area contributed by atoms with Crippen molar-refractivity contribution >= 4 is 39.1 Å². The maximum absolute atomic E-state index is 6.23. The summed E-state index contributed by atoms with van der Waals surface area (Å²) in [6, 6.07) is 21.7. The molecular formula is C21H18BrCl2NO. The van der Waals surface area contributed by atoms with Gasteiger partial charge in [-0.05, 0) is 35.9 Å². The number of nitrogens with one attached hydrogen (secondary N) is 1. The smallest absolute Gasteiger partial charge is 0.124 e. The standard InChI is InChI=1S/C21H18BrCl2NO/c22-17-9-10-21(26-14-18-19(23)7-4-8-20(18)24)16(11-17)13-25-12-15-5-2-1-3-6-15/h1-11,25H,12-14H2. The molecule has 0 saturated carbocycles. The number of ether oxygens (including phenoxy) is 1. The van der Waals surface area contributed by atoms with Gasteiger partial charge in [-0.1, -0.05) is 75.5 Å². The van der Waals surface area contributed by atoms with Crippen LogP contribution in [0.3, 0.4) is 0 Å². The van der Waals surface area contributed by atoms with Crippen LogP contribution in [0.5, 0.6) is 5.75 Å². The van der Waals surface area contributed by atoms with Gasteiger partial charge in [0, 0.05) is 38.7 Å². The summed E-state index contributed by atoms with van der Waals surface area (Å²) in [6.45, 7) is 1.81. The van der Waals surface area contributed by atoms with E-state index in [0.29, 0.717) is 23.2 Å². The summed E-state index contributed by atoms with van der Waals surface area (Å²) in [5, 5.41) is 4.67. The molecule has 0 fully saturated rings. The maximum Gasteiger partial charge on any atom is 0.124 e. The third-order valence-corrected chi connectivity index (χ3v) is 5.15. The van der Waals surface area contributed by atoms with E-state index in [0.717, 1.165) is 27.9 Å². The van der Waals surface area contributed by atoms with E-state index >= 15 is 0 Å². The molecule has 3 aromatic rings. The number of benzene rings is 3. The molecular weight excluding hydrogens is 433 g/mol. The third kappa shape index (κ3) is 5.24. The van der Waals surface area contributed by atoms with Crippen LogP contribution in [-0.2, 0) is 19.7 Å². The summed E-state index contributed by atoms with van der Waals surface area (Å²) >= 11 is 16.0. The first-order valence-electron chi connectivity index (χ1n) is 8.22. The van der Waals surface area contributed by atoms with E-state index in [-0.39, 0.29) is 0 Å². The van der Waals surface area contributed by atoms with Crippen molar-refractivity contribution in [3.8, 4) is 5.75 Å². The number of halogens is 3. The first-order valence-corrected chi connectivity index (χ1v) is 9.77. The van der Waals surface area contributed by atoms with Gasteiger partial charge in [-0.25, -0.2) is 0 Å². The molecule has 0 aliphatic carbocycles. The van der Waals surface area contributed by atoms with Crippen LogP contribution in [0.15, 0.2) is 71.2 Å². The van der Waals surface area contributed by atoms with Gasteiger partial charge in [-0.3, -0.25) is 0 Å². The minimum absolute atomic E-state index is 0.325. The van der Waals surface area contributed by atoms with E-state index in [9.17, 15) is 0 Å². The molecule has 3 rings (SSSR count). The molecule has 0 aliphatic heterocycles. The molecule has 0 unspecified atom stereocenters. The van der Waals surface area contributed by atoms with E-state index < -0.39 is 0 Å². The van der Waals surface area contributed by atoms with Crippen LogP contribution in [0.4, 0.5) is 0 Å². The fourth-order valence-electron chi connectivity index (χ4n) is 2.58. The largest absolute Gasteiger partial charge is 0.488 e. The van der Waals surface area contributed by atoms with Crippen molar-refractivity contribution in [1.82, 2.24) is 5.32 Å². The highest BCUT2D eigenvalue weighted by Crippen LogP contribution is 2.28. The maximum atomic E-state index is 6.23. The van der Waals surface area contributed by atoms with Gasteiger partial charge in [0.15, 0.2) is 0 Å². The second kappa shape index (κ2) is 9.43. The molecule has 3 aromatic carbocycles. The van der Waals surface area contributed by atoms with Crippen LogP contribution < -0.4 is 10.1 Å². The molecule has 0 saturated heterocycles. The summed E-state index contributed by atoms with van der Waals surface area (Å²) < 4.78 is 7.02. The monoisotopic (exact) mass is 449 g/mol. The lowest BCUT2D eigenvalue weighted by Gasteiger charge is -2.14. The Morgan fingerprint density at radius 2 is 1.58 bits per heavy atom. The minimum Gasteiger partial charge on any atom is -0.488 e. The van der Waals surface area contributed by atoms with Gasteiger partial charge < -0.3 is 10.1 Å². The zero-order chi connectivity index (χ0) is 18.4. The predicted molar refractivity (Wildman–Crippen MR) is 112 cm³/mol. The van der Waals surface area contributed by atoms with E-state index in [4.69, 9.17) is 27.9 Å². The molecule has 134 valence electrons. The van der Waals surface area contributed by atoms with Crippen molar-refractivity contribution < 1.29 is 4.74 Å². The van der Waals surface area contributed by atoms with E-state index in [2.05, 4.69) is 39.4 Å². The van der Waals surface area contributed by atoms with Crippen molar-refractivity contribution in [2.75, 3.05) is 0 Å². The molecule has 0 atom stereocenters. The third-order valence-electron chi connectivity index (χ3n) is 3.94. The summed E-state index contributed by atoms with van der Waals surface area (Å²) in [7, 11) is 0.